The number of carbonyl (C=O) groups is 2. The number of H-pyrrole nitrogens is 1. The molecule has 2 aromatic carbocycles. The van der Waals surface area contributed by atoms with Gasteiger partial charge in [0, 0.05) is 48.6 Å². The number of aromatic nitrogens is 1. The Hall–Kier alpha value is -4.07. The van der Waals surface area contributed by atoms with Crippen molar-refractivity contribution in [3.8, 4) is 5.75 Å². The summed E-state index contributed by atoms with van der Waals surface area (Å²) < 4.78 is 5.35. The Morgan fingerprint density at radius 2 is 1.77 bits per heavy atom. The number of pyridine rings is 1. The highest BCUT2D eigenvalue weighted by molar-refractivity contribution is 6.07. The lowest BCUT2D eigenvalue weighted by molar-refractivity contribution is -0.120. The molecule has 0 bridgehead atoms. The van der Waals surface area contributed by atoms with Crippen molar-refractivity contribution in [3.05, 3.63) is 81.1 Å². The molecule has 2 N–H and O–H groups in total. The highest BCUT2D eigenvalue weighted by atomic mass is 16.5. The molecule has 208 valence electrons. The van der Waals surface area contributed by atoms with Gasteiger partial charge in [-0.1, -0.05) is 17.7 Å². The van der Waals surface area contributed by atoms with Crippen LogP contribution in [0, 0.1) is 18.8 Å². The fraction of sp³-hybridized carbons (Fsp3) is 0.406. The van der Waals surface area contributed by atoms with Crippen LogP contribution in [-0.4, -0.2) is 43.5 Å². The zero-order valence-electron chi connectivity index (χ0n) is 23.2. The van der Waals surface area contributed by atoms with E-state index < -0.39 is 0 Å². The van der Waals surface area contributed by atoms with Crippen molar-refractivity contribution in [2.75, 3.05) is 41.9 Å². The molecular weight excluding hydrogens is 504 g/mol. The molecule has 4 heterocycles. The van der Waals surface area contributed by atoms with Crippen molar-refractivity contribution >= 4 is 29.0 Å². The number of benzene rings is 2. The van der Waals surface area contributed by atoms with Crippen LogP contribution in [-0.2, 0) is 17.6 Å². The smallest absolute Gasteiger partial charge is 0.258 e. The molecule has 1 fully saturated rings. The van der Waals surface area contributed by atoms with Crippen molar-refractivity contribution in [1.29, 1.82) is 0 Å². The van der Waals surface area contributed by atoms with Gasteiger partial charge in [-0.25, -0.2) is 0 Å². The molecule has 1 saturated heterocycles. The summed E-state index contributed by atoms with van der Waals surface area (Å²) in [6.45, 7) is 4.23. The minimum atomic E-state index is -0.266. The van der Waals surface area contributed by atoms with Gasteiger partial charge < -0.3 is 24.8 Å². The fourth-order valence-electron chi connectivity index (χ4n) is 6.48. The van der Waals surface area contributed by atoms with Crippen LogP contribution in [0.2, 0.25) is 0 Å². The number of anilines is 3. The minimum absolute atomic E-state index is 0.0252. The van der Waals surface area contributed by atoms with Gasteiger partial charge in [-0.15, -0.1) is 0 Å². The molecule has 6 rings (SSSR count). The molecule has 0 spiro atoms. The number of fused-ring (bicyclic) bond motifs is 2. The van der Waals surface area contributed by atoms with Gasteiger partial charge >= 0.3 is 0 Å². The van der Waals surface area contributed by atoms with E-state index in [2.05, 4.69) is 28.2 Å². The molecule has 1 atom stereocenters. The molecular formula is C32H36N4O4. The Labute approximate surface area is 234 Å². The van der Waals surface area contributed by atoms with Gasteiger partial charge in [0.2, 0.25) is 11.5 Å². The van der Waals surface area contributed by atoms with Crippen molar-refractivity contribution in [1.82, 2.24) is 4.98 Å². The quantitative estimate of drug-likeness (QED) is 0.489. The van der Waals surface area contributed by atoms with Crippen LogP contribution in [0.15, 0.2) is 53.3 Å². The number of methoxy groups -OCH3 is 1. The molecule has 3 aliphatic rings. The van der Waals surface area contributed by atoms with E-state index >= 15 is 0 Å². The van der Waals surface area contributed by atoms with E-state index in [1.807, 2.05) is 36.4 Å². The minimum Gasteiger partial charge on any atom is -0.497 e. The summed E-state index contributed by atoms with van der Waals surface area (Å²) in [4.78, 5) is 45.9. The van der Waals surface area contributed by atoms with Gasteiger partial charge in [-0.2, -0.15) is 0 Å². The van der Waals surface area contributed by atoms with Crippen molar-refractivity contribution in [3.63, 3.8) is 0 Å². The monoisotopic (exact) mass is 540 g/mol. The topological polar surface area (TPSA) is 94.7 Å². The average Bonchev–Trinajstić information content (AvgIpc) is 3.31. The first-order valence-corrected chi connectivity index (χ1v) is 14.3. The molecule has 3 aliphatic heterocycles. The second-order valence-electron chi connectivity index (χ2n) is 11.4. The molecule has 8 heteroatoms. The lowest BCUT2D eigenvalue weighted by Gasteiger charge is -2.34. The number of rotatable bonds is 5. The molecule has 3 aromatic rings. The Morgan fingerprint density at radius 3 is 2.58 bits per heavy atom. The standard InChI is InChI=1S/C32H36N4O4/c1-20-3-8-28-23(15-20)11-14-36(28)32(39)25-18-29(34-30(37)19-25)35-12-9-21(10-13-35)16-24-5-4-22-17-26(40-2)6-7-27(22)33-31(24)38/h3,6-8,15,17-19,21,24H,4-5,9-14,16H2,1-2H3,(H,33,38)(H,34,37). The fourth-order valence-corrected chi connectivity index (χ4v) is 6.48. The first-order chi connectivity index (χ1) is 19.4. The summed E-state index contributed by atoms with van der Waals surface area (Å²) in [5.41, 5.74) is 5.44. The first-order valence-electron chi connectivity index (χ1n) is 14.3. The predicted octanol–water partition coefficient (Wildman–Crippen LogP) is 4.70. The Morgan fingerprint density at radius 1 is 0.950 bits per heavy atom. The Balaban J connectivity index is 1.09. The third-order valence-corrected chi connectivity index (χ3v) is 8.73. The van der Waals surface area contributed by atoms with Crippen LogP contribution in [0.5, 0.6) is 5.75 Å². The van der Waals surface area contributed by atoms with Crippen molar-refractivity contribution in [2.24, 2.45) is 11.8 Å². The lowest BCUT2D eigenvalue weighted by Crippen LogP contribution is -2.37. The number of hydrogen-bond donors (Lipinski definition) is 2. The summed E-state index contributed by atoms with van der Waals surface area (Å²) in [6.07, 6.45) is 5.22. The summed E-state index contributed by atoms with van der Waals surface area (Å²) >= 11 is 0. The first kappa shape index (κ1) is 26.2. The van der Waals surface area contributed by atoms with Crippen LogP contribution in [0.1, 0.15) is 52.7 Å². The summed E-state index contributed by atoms with van der Waals surface area (Å²) in [6, 6.07) is 15.2. The van der Waals surface area contributed by atoms with E-state index in [1.54, 1.807) is 12.0 Å². The third-order valence-electron chi connectivity index (χ3n) is 8.73. The SMILES string of the molecule is COc1ccc2c(c1)CCC(CC1CCN(c3cc(C(=O)N4CCc5cc(C)ccc54)cc(=O)[nH]3)CC1)C(=O)N2. The van der Waals surface area contributed by atoms with Crippen LogP contribution < -0.4 is 25.4 Å². The summed E-state index contributed by atoms with van der Waals surface area (Å²) in [7, 11) is 1.66. The van der Waals surface area contributed by atoms with E-state index in [1.165, 1.54) is 17.2 Å². The second-order valence-corrected chi connectivity index (χ2v) is 11.4. The average molecular weight is 541 g/mol. The van der Waals surface area contributed by atoms with Gasteiger partial charge in [0.25, 0.3) is 5.91 Å². The molecule has 1 unspecified atom stereocenters. The maximum absolute atomic E-state index is 13.4. The van der Waals surface area contributed by atoms with Crippen LogP contribution >= 0.6 is 0 Å². The number of nitrogens with zero attached hydrogens (tertiary/aromatic N) is 2. The molecule has 0 aliphatic carbocycles. The maximum Gasteiger partial charge on any atom is 0.258 e. The molecule has 1 aromatic heterocycles. The lowest BCUT2D eigenvalue weighted by atomic mass is 9.84. The Kier molecular flexibility index (Phi) is 7.09. The van der Waals surface area contributed by atoms with E-state index in [0.717, 1.165) is 74.3 Å². The molecule has 0 saturated carbocycles. The largest absolute Gasteiger partial charge is 0.497 e. The summed E-state index contributed by atoms with van der Waals surface area (Å²) in [5, 5.41) is 3.12. The number of aryl methyl sites for hydroxylation is 2. The van der Waals surface area contributed by atoms with E-state index in [4.69, 9.17) is 4.74 Å². The highest BCUT2D eigenvalue weighted by Crippen LogP contribution is 2.34. The molecule has 0 radical (unpaired) electrons. The Bertz CT molecular complexity index is 1500. The molecule has 40 heavy (non-hydrogen) atoms. The van der Waals surface area contributed by atoms with Gasteiger partial charge in [0.05, 0.1) is 7.11 Å². The van der Waals surface area contributed by atoms with Gasteiger partial charge in [0.15, 0.2) is 0 Å². The third kappa shape index (κ3) is 5.22. The number of nitrogens with one attached hydrogen (secondary N) is 2. The van der Waals surface area contributed by atoms with Crippen LogP contribution in [0.3, 0.4) is 0 Å². The number of hydrogen-bond acceptors (Lipinski definition) is 5. The van der Waals surface area contributed by atoms with E-state index in [0.29, 0.717) is 23.8 Å². The van der Waals surface area contributed by atoms with Crippen molar-refractivity contribution in [2.45, 2.75) is 45.4 Å². The zero-order chi connectivity index (χ0) is 27.8. The highest BCUT2D eigenvalue weighted by Gasteiger charge is 2.30. The number of ether oxygens (including phenoxy) is 1. The molecule has 2 amide bonds. The molecule has 8 nitrogen and oxygen atoms in total. The second kappa shape index (κ2) is 10.8. The van der Waals surface area contributed by atoms with Gasteiger partial charge in [-0.05, 0) is 92.8 Å². The zero-order valence-corrected chi connectivity index (χ0v) is 23.2. The van der Waals surface area contributed by atoms with Crippen LogP contribution in [0.25, 0.3) is 0 Å². The number of piperidine rings is 1. The van der Waals surface area contributed by atoms with Gasteiger partial charge in [0.1, 0.15) is 11.6 Å². The number of amides is 2. The van der Waals surface area contributed by atoms with E-state index in [9.17, 15) is 14.4 Å². The maximum atomic E-state index is 13.4. The number of aromatic amines is 1. The number of carbonyl (C=O) groups excluding carboxylic acids is 2. The van der Waals surface area contributed by atoms with E-state index in [-0.39, 0.29) is 23.3 Å². The van der Waals surface area contributed by atoms with Crippen molar-refractivity contribution < 1.29 is 14.3 Å². The predicted molar refractivity (Wildman–Crippen MR) is 157 cm³/mol. The summed E-state index contributed by atoms with van der Waals surface area (Å²) in [5.74, 6) is 1.87. The van der Waals surface area contributed by atoms with Crippen LogP contribution in [0.4, 0.5) is 17.2 Å². The van der Waals surface area contributed by atoms with Gasteiger partial charge in [-0.3, -0.25) is 14.4 Å². The normalized spacial score (nSPS) is 19.1.